The molecule has 26 heavy (non-hydrogen) atoms. The van der Waals surface area contributed by atoms with Crippen molar-refractivity contribution in [1.82, 2.24) is 0 Å². The predicted octanol–water partition coefficient (Wildman–Crippen LogP) is 2.62. The number of anilines is 1. The van der Waals surface area contributed by atoms with Crippen LogP contribution in [0.4, 0.5) is 5.69 Å². The molecule has 1 heterocycles. The molecule has 0 spiro atoms. The second-order valence-corrected chi connectivity index (χ2v) is 13.2. The van der Waals surface area contributed by atoms with Gasteiger partial charge in [0.2, 0.25) is 0 Å². The Hall–Kier alpha value is -1.12. The summed E-state index contributed by atoms with van der Waals surface area (Å²) in [5.41, 5.74) is 0.806. The molecule has 4 atom stereocenters. The Labute approximate surface area is 157 Å². The zero-order valence-electron chi connectivity index (χ0n) is 16.7. The van der Waals surface area contributed by atoms with Crippen LogP contribution in [0.25, 0.3) is 0 Å². The van der Waals surface area contributed by atoms with Gasteiger partial charge in [-0.05, 0) is 30.3 Å². The van der Waals surface area contributed by atoms with Gasteiger partial charge in [0, 0.05) is 11.8 Å². The van der Waals surface area contributed by atoms with E-state index in [-0.39, 0.29) is 5.04 Å². The fraction of sp³-hybridized carbons (Fsp3) is 0.684. The second-order valence-electron chi connectivity index (χ2n) is 8.41. The van der Waals surface area contributed by atoms with Crippen LogP contribution >= 0.6 is 0 Å². The third-order valence-corrected chi connectivity index (χ3v) is 9.97. The Morgan fingerprint density at radius 1 is 1.23 bits per heavy atom. The van der Waals surface area contributed by atoms with Gasteiger partial charge in [0.05, 0.1) is 26.4 Å². The van der Waals surface area contributed by atoms with Gasteiger partial charge in [-0.15, -0.1) is 0 Å². The van der Waals surface area contributed by atoms with E-state index in [0.29, 0.717) is 13.2 Å². The summed E-state index contributed by atoms with van der Waals surface area (Å²) in [4.78, 5) is 0. The van der Waals surface area contributed by atoms with E-state index in [1.165, 1.54) is 0 Å². The fourth-order valence-electron chi connectivity index (χ4n) is 2.59. The number of ether oxygens (including phenoxy) is 2. The molecular weight excluding hydrogens is 350 g/mol. The van der Waals surface area contributed by atoms with E-state index in [0.717, 1.165) is 11.4 Å². The molecule has 6 nitrogen and oxygen atoms in total. The van der Waals surface area contributed by atoms with Gasteiger partial charge in [0.25, 0.3) is 0 Å². The van der Waals surface area contributed by atoms with Crippen molar-refractivity contribution in [3.8, 4) is 5.75 Å². The maximum absolute atomic E-state index is 10.5. The summed E-state index contributed by atoms with van der Waals surface area (Å²) >= 11 is 0. The molecule has 1 fully saturated rings. The Balaban J connectivity index is 1.94. The molecule has 4 unspecified atom stereocenters. The average Bonchev–Trinajstić information content (AvgIpc) is 2.57. The molecule has 0 bridgehead atoms. The van der Waals surface area contributed by atoms with Gasteiger partial charge < -0.3 is 29.4 Å². The largest absolute Gasteiger partial charge is 0.497 e. The Morgan fingerprint density at radius 2 is 1.92 bits per heavy atom. The van der Waals surface area contributed by atoms with Gasteiger partial charge >= 0.3 is 0 Å². The fourth-order valence-corrected chi connectivity index (χ4v) is 3.60. The van der Waals surface area contributed by atoms with Crippen molar-refractivity contribution in [3.05, 3.63) is 24.3 Å². The van der Waals surface area contributed by atoms with Crippen molar-refractivity contribution in [2.45, 2.75) is 63.3 Å². The molecule has 2 rings (SSSR count). The molecule has 0 aliphatic carbocycles. The number of hydrogen-bond donors (Lipinski definition) is 3. The van der Waals surface area contributed by atoms with E-state index in [2.05, 4.69) is 39.2 Å². The van der Waals surface area contributed by atoms with E-state index >= 15 is 0 Å². The number of aliphatic hydroxyl groups excluding tert-OH is 2. The number of rotatable bonds is 6. The summed E-state index contributed by atoms with van der Waals surface area (Å²) in [7, 11) is -0.326. The van der Waals surface area contributed by atoms with E-state index in [9.17, 15) is 10.2 Å². The van der Waals surface area contributed by atoms with Gasteiger partial charge in [-0.25, -0.2) is 0 Å². The first-order valence-electron chi connectivity index (χ1n) is 9.07. The van der Waals surface area contributed by atoms with Crippen molar-refractivity contribution in [3.63, 3.8) is 0 Å². The first-order valence-corrected chi connectivity index (χ1v) is 12.0. The zero-order valence-corrected chi connectivity index (χ0v) is 17.7. The van der Waals surface area contributed by atoms with Crippen molar-refractivity contribution < 1.29 is 24.1 Å². The lowest BCUT2D eigenvalue weighted by molar-refractivity contribution is -0.151. The smallest absolute Gasteiger partial charge is 0.192 e. The quantitative estimate of drug-likeness (QED) is 0.655. The molecule has 0 radical (unpaired) electrons. The van der Waals surface area contributed by atoms with Crippen LogP contribution in [0.2, 0.25) is 18.1 Å². The molecule has 1 aromatic carbocycles. The Bertz CT molecular complexity index is 590. The monoisotopic (exact) mass is 383 g/mol. The highest BCUT2D eigenvalue weighted by molar-refractivity contribution is 6.74. The van der Waals surface area contributed by atoms with Gasteiger partial charge in [-0.3, -0.25) is 0 Å². The molecular formula is C19H33NO5Si. The number of nitrogens with one attached hydrogen (secondary N) is 1. The van der Waals surface area contributed by atoms with Crippen LogP contribution in [0, 0.1) is 0 Å². The first kappa shape index (κ1) is 21.2. The minimum absolute atomic E-state index is 0.0850. The molecule has 3 N–H and O–H groups in total. The predicted molar refractivity (Wildman–Crippen MR) is 105 cm³/mol. The zero-order chi connectivity index (χ0) is 19.5. The lowest BCUT2D eigenvalue weighted by Crippen LogP contribution is -2.57. The second kappa shape index (κ2) is 8.27. The van der Waals surface area contributed by atoms with Crippen molar-refractivity contribution in [2.24, 2.45) is 0 Å². The van der Waals surface area contributed by atoms with Crippen LogP contribution in [0.1, 0.15) is 20.8 Å². The summed E-state index contributed by atoms with van der Waals surface area (Å²) < 4.78 is 17.1. The third-order valence-electron chi connectivity index (χ3n) is 5.47. The SMILES string of the molecule is COc1cccc(NC2COC(CO[Si](C)(C)C(C)(C)C)C(O)C2O)c1. The molecule has 1 saturated heterocycles. The van der Waals surface area contributed by atoms with Crippen molar-refractivity contribution in [2.75, 3.05) is 25.6 Å². The van der Waals surface area contributed by atoms with Crippen LogP contribution in [-0.2, 0) is 9.16 Å². The maximum atomic E-state index is 10.5. The normalized spacial score (nSPS) is 27.2. The molecule has 7 heteroatoms. The Morgan fingerprint density at radius 3 is 2.54 bits per heavy atom. The summed E-state index contributed by atoms with van der Waals surface area (Å²) in [6.07, 6.45) is -2.47. The number of aliphatic hydroxyl groups is 2. The molecule has 0 amide bonds. The van der Waals surface area contributed by atoms with Crippen molar-refractivity contribution in [1.29, 1.82) is 0 Å². The number of methoxy groups -OCH3 is 1. The summed E-state index contributed by atoms with van der Waals surface area (Å²) in [5.74, 6) is 0.724. The molecule has 1 aliphatic rings. The highest BCUT2D eigenvalue weighted by atomic mass is 28.4. The minimum Gasteiger partial charge on any atom is -0.497 e. The number of benzene rings is 1. The van der Waals surface area contributed by atoms with Crippen LogP contribution in [-0.4, -0.2) is 63.2 Å². The third kappa shape index (κ3) is 4.98. The van der Waals surface area contributed by atoms with Gasteiger partial charge in [0.1, 0.15) is 24.1 Å². The van der Waals surface area contributed by atoms with E-state index in [4.69, 9.17) is 13.9 Å². The minimum atomic E-state index is -1.93. The van der Waals surface area contributed by atoms with Gasteiger partial charge in [0.15, 0.2) is 8.32 Å². The molecule has 1 aliphatic heterocycles. The van der Waals surface area contributed by atoms with Crippen LogP contribution in [0.3, 0.4) is 0 Å². The molecule has 0 aromatic heterocycles. The van der Waals surface area contributed by atoms with Crippen LogP contribution < -0.4 is 10.1 Å². The van der Waals surface area contributed by atoms with E-state index < -0.39 is 32.7 Å². The topological polar surface area (TPSA) is 80.2 Å². The highest BCUT2D eigenvalue weighted by Gasteiger charge is 2.42. The summed E-state index contributed by atoms with van der Waals surface area (Å²) in [6.45, 7) is 11.4. The standard InChI is InChI=1S/C19H33NO5Si/c1-19(2,3)26(5,6)25-12-16-18(22)17(21)15(11-24-16)20-13-8-7-9-14(10-13)23-4/h7-10,15-18,20-22H,11-12H2,1-6H3. The summed E-state index contributed by atoms with van der Waals surface area (Å²) in [5, 5.41) is 24.3. The van der Waals surface area contributed by atoms with Crippen LogP contribution in [0.15, 0.2) is 24.3 Å². The average molecular weight is 384 g/mol. The van der Waals surface area contributed by atoms with Gasteiger partial charge in [-0.1, -0.05) is 26.8 Å². The Kier molecular flexibility index (Phi) is 6.74. The lowest BCUT2D eigenvalue weighted by Gasteiger charge is -2.41. The number of hydrogen-bond acceptors (Lipinski definition) is 6. The van der Waals surface area contributed by atoms with Gasteiger partial charge in [-0.2, -0.15) is 0 Å². The van der Waals surface area contributed by atoms with Crippen molar-refractivity contribution >= 4 is 14.0 Å². The van der Waals surface area contributed by atoms with E-state index in [1.54, 1.807) is 7.11 Å². The van der Waals surface area contributed by atoms with Crippen LogP contribution in [0.5, 0.6) is 5.75 Å². The summed E-state index contributed by atoms with van der Waals surface area (Å²) in [6, 6.07) is 7.03. The maximum Gasteiger partial charge on any atom is 0.192 e. The molecule has 148 valence electrons. The highest BCUT2D eigenvalue weighted by Crippen LogP contribution is 2.37. The lowest BCUT2D eigenvalue weighted by atomic mass is 9.98. The van der Waals surface area contributed by atoms with E-state index in [1.807, 2.05) is 24.3 Å². The molecule has 1 aromatic rings. The molecule has 0 saturated carbocycles. The first-order chi connectivity index (χ1) is 12.0.